The molecular formula is C19H17NO2S3. The molecule has 0 saturated carbocycles. The van der Waals surface area contributed by atoms with E-state index < -0.39 is 0 Å². The van der Waals surface area contributed by atoms with Crippen LogP contribution < -0.4 is 5.32 Å². The van der Waals surface area contributed by atoms with Crippen molar-refractivity contribution in [3.05, 3.63) is 80.2 Å². The molecule has 0 aliphatic carbocycles. The van der Waals surface area contributed by atoms with E-state index in [4.69, 9.17) is 0 Å². The van der Waals surface area contributed by atoms with Crippen LogP contribution >= 0.6 is 34.4 Å². The molecule has 1 aromatic carbocycles. The average Bonchev–Trinajstić information content (AvgIpc) is 3.32. The van der Waals surface area contributed by atoms with Gasteiger partial charge in [-0.3, -0.25) is 9.59 Å². The number of rotatable bonds is 8. The van der Waals surface area contributed by atoms with E-state index in [0.717, 1.165) is 15.5 Å². The summed E-state index contributed by atoms with van der Waals surface area (Å²) in [4.78, 5) is 26.7. The highest BCUT2D eigenvalue weighted by Gasteiger charge is 2.13. The monoisotopic (exact) mass is 387 g/mol. The predicted octanol–water partition coefficient (Wildman–Crippen LogP) is 4.59. The first-order valence-electron chi connectivity index (χ1n) is 7.77. The van der Waals surface area contributed by atoms with Gasteiger partial charge in [0.1, 0.15) is 0 Å². The topological polar surface area (TPSA) is 46.2 Å². The number of hydrogen-bond donors (Lipinski definition) is 1. The Labute approximate surface area is 159 Å². The van der Waals surface area contributed by atoms with E-state index in [1.165, 1.54) is 28.2 Å². The van der Waals surface area contributed by atoms with E-state index in [1.54, 1.807) is 11.8 Å². The molecule has 1 N–H and O–H groups in total. The van der Waals surface area contributed by atoms with Crippen LogP contribution in [0.25, 0.3) is 0 Å². The number of thioether (sulfide) groups is 1. The second-order valence-corrected chi connectivity index (χ2v) is 8.43. The van der Waals surface area contributed by atoms with Gasteiger partial charge in [-0.2, -0.15) is 0 Å². The van der Waals surface area contributed by atoms with Crippen LogP contribution in [-0.4, -0.2) is 17.4 Å². The van der Waals surface area contributed by atoms with E-state index in [1.807, 2.05) is 47.8 Å². The SMILES string of the molecule is O=C(CSCc1ccccc1)NCc1ccc(C(=O)c2cccs2)s1. The zero-order chi connectivity index (χ0) is 17.5. The van der Waals surface area contributed by atoms with Crippen molar-refractivity contribution in [1.82, 2.24) is 5.32 Å². The molecular weight excluding hydrogens is 370 g/mol. The average molecular weight is 388 g/mol. The predicted molar refractivity (Wildman–Crippen MR) is 107 cm³/mol. The quantitative estimate of drug-likeness (QED) is 0.575. The van der Waals surface area contributed by atoms with Crippen molar-refractivity contribution in [2.75, 3.05) is 5.75 Å². The number of hydrogen-bond acceptors (Lipinski definition) is 5. The molecule has 1 amide bonds. The van der Waals surface area contributed by atoms with Gasteiger partial charge in [-0.15, -0.1) is 34.4 Å². The maximum atomic E-state index is 12.3. The Bertz CT molecular complexity index is 825. The standard InChI is InChI=1S/C19H17NO2S3/c21-18(13-23-12-14-5-2-1-3-6-14)20-11-15-8-9-17(25-15)19(22)16-7-4-10-24-16/h1-10H,11-13H2,(H,20,21). The molecule has 0 radical (unpaired) electrons. The molecule has 3 rings (SSSR count). The molecule has 2 aromatic heterocycles. The van der Waals surface area contributed by atoms with E-state index in [2.05, 4.69) is 17.4 Å². The van der Waals surface area contributed by atoms with Crippen LogP contribution in [0, 0.1) is 0 Å². The lowest BCUT2D eigenvalue weighted by atomic mass is 10.2. The number of carbonyl (C=O) groups is 2. The van der Waals surface area contributed by atoms with Gasteiger partial charge in [0.25, 0.3) is 0 Å². The Hall–Kier alpha value is -1.89. The molecule has 0 unspecified atom stereocenters. The third-order valence-electron chi connectivity index (χ3n) is 3.43. The Morgan fingerprint density at radius 3 is 2.56 bits per heavy atom. The van der Waals surface area contributed by atoms with Crippen molar-refractivity contribution in [2.45, 2.75) is 12.3 Å². The van der Waals surface area contributed by atoms with Crippen molar-refractivity contribution in [3.8, 4) is 0 Å². The molecule has 2 heterocycles. The Morgan fingerprint density at radius 2 is 1.80 bits per heavy atom. The number of carbonyl (C=O) groups excluding carboxylic acids is 2. The van der Waals surface area contributed by atoms with Crippen LogP contribution in [0.1, 0.15) is 25.0 Å². The van der Waals surface area contributed by atoms with E-state index >= 15 is 0 Å². The zero-order valence-corrected chi connectivity index (χ0v) is 15.9. The molecule has 0 spiro atoms. The maximum absolute atomic E-state index is 12.3. The second-order valence-electron chi connectivity index (χ2n) is 5.33. The number of benzene rings is 1. The van der Waals surface area contributed by atoms with Gasteiger partial charge in [-0.05, 0) is 29.1 Å². The normalized spacial score (nSPS) is 10.6. The van der Waals surface area contributed by atoms with Crippen molar-refractivity contribution < 1.29 is 9.59 Å². The molecule has 25 heavy (non-hydrogen) atoms. The van der Waals surface area contributed by atoms with E-state index in [9.17, 15) is 9.59 Å². The first-order valence-corrected chi connectivity index (χ1v) is 10.6. The summed E-state index contributed by atoms with van der Waals surface area (Å²) in [5, 5.41) is 4.81. The lowest BCUT2D eigenvalue weighted by Crippen LogP contribution is -2.24. The summed E-state index contributed by atoms with van der Waals surface area (Å²) in [6.07, 6.45) is 0. The molecule has 0 bridgehead atoms. The van der Waals surface area contributed by atoms with Gasteiger partial charge in [0, 0.05) is 10.6 Å². The molecule has 6 heteroatoms. The van der Waals surface area contributed by atoms with Crippen LogP contribution in [0.15, 0.2) is 60.0 Å². The molecule has 128 valence electrons. The Kier molecular flexibility index (Phi) is 6.44. The van der Waals surface area contributed by atoms with Gasteiger partial charge in [0.15, 0.2) is 0 Å². The largest absolute Gasteiger partial charge is 0.350 e. The summed E-state index contributed by atoms with van der Waals surface area (Å²) in [7, 11) is 0. The van der Waals surface area contributed by atoms with E-state index in [0.29, 0.717) is 17.2 Å². The lowest BCUT2D eigenvalue weighted by molar-refractivity contribution is -0.118. The van der Waals surface area contributed by atoms with Gasteiger partial charge >= 0.3 is 0 Å². The fourth-order valence-corrected chi connectivity index (χ4v) is 4.66. The minimum Gasteiger partial charge on any atom is -0.350 e. The fraction of sp³-hybridized carbons (Fsp3) is 0.158. The van der Waals surface area contributed by atoms with Gasteiger partial charge in [0.2, 0.25) is 11.7 Å². The van der Waals surface area contributed by atoms with Crippen LogP contribution in [0.5, 0.6) is 0 Å². The van der Waals surface area contributed by atoms with Crippen LogP contribution in [0.4, 0.5) is 0 Å². The smallest absolute Gasteiger partial charge is 0.230 e. The number of nitrogens with one attached hydrogen (secondary N) is 1. The Balaban J connectivity index is 1.42. The van der Waals surface area contributed by atoms with Gasteiger partial charge in [0.05, 0.1) is 22.1 Å². The van der Waals surface area contributed by atoms with E-state index in [-0.39, 0.29) is 11.7 Å². The zero-order valence-electron chi connectivity index (χ0n) is 13.4. The molecule has 0 atom stereocenters. The summed E-state index contributed by atoms with van der Waals surface area (Å²) in [5.41, 5.74) is 1.22. The van der Waals surface area contributed by atoms with Gasteiger partial charge < -0.3 is 5.32 Å². The molecule has 3 aromatic rings. The maximum Gasteiger partial charge on any atom is 0.230 e. The molecule has 0 fully saturated rings. The third kappa shape index (κ3) is 5.29. The highest BCUT2D eigenvalue weighted by molar-refractivity contribution is 7.99. The van der Waals surface area contributed by atoms with Crippen LogP contribution in [-0.2, 0) is 17.1 Å². The van der Waals surface area contributed by atoms with Crippen LogP contribution in [0.2, 0.25) is 0 Å². The minimum absolute atomic E-state index is 0.0143. The molecule has 3 nitrogen and oxygen atoms in total. The summed E-state index contributed by atoms with van der Waals surface area (Å²) in [5.74, 6) is 1.32. The Morgan fingerprint density at radius 1 is 0.960 bits per heavy atom. The molecule has 0 aliphatic heterocycles. The summed E-state index contributed by atoms with van der Waals surface area (Å²) in [6, 6.07) is 17.5. The first kappa shape index (κ1) is 17.9. The summed E-state index contributed by atoms with van der Waals surface area (Å²) < 4.78 is 0. The third-order valence-corrected chi connectivity index (χ3v) is 6.39. The summed E-state index contributed by atoms with van der Waals surface area (Å²) >= 11 is 4.48. The number of thiophene rings is 2. The van der Waals surface area contributed by atoms with Crippen molar-refractivity contribution in [2.24, 2.45) is 0 Å². The van der Waals surface area contributed by atoms with Crippen molar-refractivity contribution >= 4 is 46.1 Å². The molecule has 0 saturated heterocycles. The van der Waals surface area contributed by atoms with Crippen molar-refractivity contribution in [3.63, 3.8) is 0 Å². The van der Waals surface area contributed by atoms with Crippen LogP contribution in [0.3, 0.4) is 0 Å². The molecule has 0 aliphatic rings. The number of ketones is 1. The second kappa shape index (κ2) is 8.99. The first-order chi connectivity index (χ1) is 12.2. The van der Waals surface area contributed by atoms with Crippen molar-refractivity contribution in [1.29, 1.82) is 0 Å². The highest BCUT2D eigenvalue weighted by Crippen LogP contribution is 2.22. The highest BCUT2D eigenvalue weighted by atomic mass is 32.2. The van der Waals surface area contributed by atoms with Gasteiger partial charge in [-0.25, -0.2) is 0 Å². The number of amides is 1. The van der Waals surface area contributed by atoms with Gasteiger partial charge in [-0.1, -0.05) is 36.4 Å². The minimum atomic E-state index is 0.0143. The fourth-order valence-electron chi connectivity index (χ4n) is 2.20. The lowest BCUT2D eigenvalue weighted by Gasteiger charge is -2.04. The summed E-state index contributed by atoms with van der Waals surface area (Å²) in [6.45, 7) is 0.465.